The smallest absolute Gasteiger partial charge is 0.276 e. The molecule has 1 unspecified atom stereocenters. The second-order valence-electron chi connectivity index (χ2n) is 7.91. The van der Waals surface area contributed by atoms with Crippen LogP contribution in [0.1, 0.15) is 36.1 Å². The maximum absolute atomic E-state index is 12.9. The molecule has 0 saturated carbocycles. The van der Waals surface area contributed by atoms with Crippen LogP contribution in [0, 0.1) is 13.8 Å². The summed E-state index contributed by atoms with van der Waals surface area (Å²) < 4.78 is 3.16. The van der Waals surface area contributed by atoms with Crippen molar-refractivity contribution in [3.8, 4) is 11.3 Å². The molecule has 6 nitrogen and oxygen atoms in total. The van der Waals surface area contributed by atoms with Gasteiger partial charge in [0.15, 0.2) is 0 Å². The number of nitrogens with one attached hydrogen (secondary N) is 1. The summed E-state index contributed by atoms with van der Waals surface area (Å²) in [7, 11) is 0. The van der Waals surface area contributed by atoms with Crippen molar-refractivity contribution in [2.24, 2.45) is 0 Å². The molecule has 0 aliphatic carbocycles. The third-order valence-electron chi connectivity index (χ3n) is 5.66. The highest BCUT2D eigenvalue weighted by atomic mass is 16.2. The van der Waals surface area contributed by atoms with Gasteiger partial charge in [-0.05, 0) is 49.6 Å². The fourth-order valence-corrected chi connectivity index (χ4v) is 3.60. The molecule has 2 aromatic carbocycles. The zero-order valence-corrected chi connectivity index (χ0v) is 18.0. The summed E-state index contributed by atoms with van der Waals surface area (Å²) in [6.45, 7) is 6.39. The van der Waals surface area contributed by atoms with E-state index in [0.29, 0.717) is 12.1 Å². The van der Waals surface area contributed by atoms with E-state index in [0.717, 1.165) is 16.8 Å². The lowest BCUT2D eigenvalue weighted by Gasteiger charge is -2.14. The quantitative estimate of drug-likeness (QED) is 0.518. The van der Waals surface area contributed by atoms with Crippen LogP contribution in [0.4, 0.5) is 0 Å². The molecule has 0 aliphatic rings. The summed E-state index contributed by atoms with van der Waals surface area (Å²) >= 11 is 0. The third-order valence-corrected chi connectivity index (χ3v) is 5.66. The summed E-state index contributed by atoms with van der Waals surface area (Å²) in [5, 5.41) is 7.53. The van der Waals surface area contributed by atoms with E-state index in [4.69, 9.17) is 0 Å². The molecule has 0 radical (unpaired) electrons. The maximum Gasteiger partial charge on any atom is 0.276 e. The van der Waals surface area contributed by atoms with Gasteiger partial charge in [-0.25, -0.2) is 4.52 Å². The molecule has 0 aliphatic heterocycles. The monoisotopic (exact) mass is 414 g/mol. The van der Waals surface area contributed by atoms with Crippen molar-refractivity contribution in [3.63, 3.8) is 0 Å². The molecule has 158 valence electrons. The number of rotatable bonds is 6. The van der Waals surface area contributed by atoms with Crippen molar-refractivity contribution >= 4 is 11.4 Å². The highest BCUT2D eigenvalue weighted by Gasteiger charge is 2.12. The zero-order chi connectivity index (χ0) is 22.0. The van der Waals surface area contributed by atoms with Crippen LogP contribution in [0.25, 0.3) is 16.8 Å². The van der Waals surface area contributed by atoms with Gasteiger partial charge in [0.25, 0.3) is 5.56 Å². The van der Waals surface area contributed by atoms with Gasteiger partial charge >= 0.3 is 0 Å². The maximum atomic E-state index is 12.9. The van der Waals surface area contributed by atoms with Crippen LogP contribution in [-0.2, 0) is 11.3 Å². The Kier molecular flexibility index (Phi) is 5.71. The van der Waals surface area contributed by atoms with Crippen LogP contribution in [0.3, 0.4) is 0 Å². The second kappa shape index (κ2) is 8.60. The minimum Gasteiger partial charge on any atom is -0.350 e. The Labute approximate surface area is 181 Å². The first-order valence-electron chi connectivity index (χ1n) is 10.4. The summed E-state index contributed by atoms with van der Waals surface area (Å²) in [6.07, 6.45) is 3.66. The van der Waals surface area contributed by atoms with Crippen molar-refractivity contribution in [1.82, 2.24) is 19.5 Å². The molecule has 2 heterocycles. The van der Waals surface area contributed by atoms with Crippen molar-refractivity contribution < 1.29 is 4.79 Å². The molecule has 1 amide bonds. The van der Waals surface area contributed by atoms with E-state index >= 15 is 0 Å². The van der Waals surface area contributed by atoms with Gasteiger partial charge in [0.05, 0.1) is 11.7 Å². The molecule has 0 fully saturated rings. The summed E-state index contributed by atoms with van der Waals surface area (Å²) in [6, 6.07) is 17.7. The van der Waals surface area contributed by atoms with Gasteiger partial charge in [-0.15, -0.1) is 0 Å². The lowest BCUT2D eigenvalue weighted by molar-refractivity contribution is -0.121. The van der Waals surface area contributed by atoms with Gasteiger partial charge in [0, 0.05) is 30.9 Å². The fourth-order valence-electron chi connectivity index (χ4n) is 3.60. The van der Waals surface area contributed by atoms with Gasteiger partial charge in [-0.3, -0.25) is 9.59 Å². The van der Waals surface area contributed by atoms with Crippen LogP contribution < -0.4 is 10.9 Å². The number of nitrogens with zero attached hydrogens (tertiary/aromatic N) is 3. The van der Waals surface area contributed by atoms with E-state index in [1.807, 2.05) is 43.3 Å². The molecule has 2 aromatic heterocycles. The summed E-state index contributed by atoms with van der Waals surface area (Å²) in [5.41, 5.74) is 5.52. The van der Waals surface area contributed by atoms with Crippen LogP contribution in [0.15, 0.2) is 71.8 Å². The molecular weight excluding hydrogens is 388 g/mol. The van der Waals surface area contributed by atoms with Crippen LogP contribution in [0.2, 0.25) is 0 Å². The average Bonchev–Trinajstić information content (AvgIpc) is 3.21. The van der Waals surface area contributed by atoms with Gasteiger partial charge in [-0.1, -0.05) is 42.5 Å². The highest BCUT2D eigenvalue weighted by molar-refractivity contribution is 5.76. The summed E-state index contributed by atoms with van der Waals surface area (Å²) in [5.74, 6) is -0.0903. The lowest BCUT2D eigenvalue weighted by Crippen LogP contribution is -2.29. The molecule has 6 heteroatoms. The number of carbonyl (C=O) groups excluding carboxylic acids is 1. The molecule has 31 heavy (non-hydrogen) atoms. The molecule has 1 N–H and O–H groups in total. The highest BCUT2D eigenvalue weighted by Crippen LogP contribution is 2.21. The summed E-state index contributed by atoms with van der Waals surface area (Å²) in [4.78, 5) is 25.3. The van der Waals surface area contributed by atoms with Gasteiger partial charge in [-0.2, -0.15) is 5.10 Å². The van der Waals surface area contributed by atoms with Gasteiger partial charge in [0.2, 0.25) is 5.91 Å². The molecule has 0 spiro atoms. The first kappa shape index (κ1) is 20.6. The Balaban J connectivity index is 1.48. The van der Waals surface area contributed by atoms with E-state index in [-0.39, 0.29) is 23.9 Å². The van der Waals surface area contributed by atoms with Crippen molar-refractivity contribution in [3.05, 3.63) is 94.0 Å². The Bertz CT molecular complexity index is 1290. The van der Waals surface area contributed by atoms with E-state index in [9.17, 15) is 9.59 Å². The number of benzene rings is 2. The number of aryl methyl sites for hydroxylation is 3. The number of fused-ring (bicyclic) bond motifs is 1. The Morgan fingerprint density at radius 2 is 1.81 bits per heavy atom. The van der Waals surface area contributed by atoms with E-state index in [1.54, 1.807) is 27.5 Å². The predicted molar refractivity (Wildman–Crippen MR) is 122 cm³/mol. The van der Waals surface area contributed by atoms with E-state index in [1.165, 1.54) is 11.1 Å². The Morgan fingerprint density at radius 1 is 1.03 bits per heavy atom. The van der Waals surface area contributed by atoms with Crippen molar-refractivity contribution in [2.45, 2.75) is 39.8 Å². The normalized spacial score (nSPS) is 12.1. The minimum absolute atomic E-state index is 0.0803. The predicted octanol–water partition coefficient (Wildman–Crippen LogP) is 4.05. The zero-order valence-electron chi connectivity index (χ0n) is 18.0. The Hall–Kier alpha value is -3.67. The first-order valence-corrected chi connectivity index (χ1v) is 10.4. The van der Waals surface area contributed by atoms with E-state index in [2.05, 4.69) is 36.4 Å². The third kappa shape index (κ3) is 4.43. The Morgan fingerprint density at radius 3 is 2.55 bits per heavy atom. The van der Waals surface area contributed by atoms with Crippen LogP contribution >= 0.6 is 0 Å². The molecule has 0 saturated heterocycles. The minimum atomic E-state index is -0.158. The number of amides is 1. The number of carbonyl (C=O) groups is 1. The van der Waals surface area contributed by atoms with Crippen LogP contribution in [-0.4, -0.2) is 20.1 Å². The molecule has 4 aromatic rings. The standard InChI is InChI=1S/C25H26N4O2/c1-17-9-10-21(15-18(17)2)22-16-23-25(31)28(13-14-29(23)27-22)12-11-24(30)26-19(3)20-7-5-4-6-8-20/h4-10,13-16,19H,11-12H2,1-3H3,(H,26,30). The average molecular weight is 415 g/mol. The molecule has 1 atom stereocenters. The topological polar surface area (TPSA) is 68.4 Å². The number of hydrogen-bond donors (Lipinski definition) is 1. The molecule has 4 rings (SSSR count). The van der Waals surface area contributed by atoms with E-state index < -0.39 is 0 Å². The molecule has 0 bridgehead atoms. The number of hydrogen-bond acceptors (Lipinski definition) is 3. The first-order chi connectivity index (χ1) is 14.9. The van der Waals surface area contributed by atoms with Crippen molar-refractivity contribution in [2.75, 3.05) is 0 Å². The lowest BCUT2D eigenvalue weighted by atomic mass is 10.0. The molecular formula is C25H26N4O2. The van der Waals surface area contributed by atoms with Gasteiger partial charge < -0.3 is 9.88 Å². The fraction of sp³-hybridized carbons (Fsp3) is 0.240. The van der Waals surface area contributed by atoms with Crippen LogP contribution in [0.5, 0.6) is 0 Å². The largest absolute Gasteiger partial charge is 0.350 e. The SMILES string of the molecule is Cc1ccc(-c2cc3c(=O)n(CCC(=O)NC(C)c4ccccc4)ccn3n2)cc1C. The van der Waals surface area contributed by atoms with Crippen molar-refractivity contribution in [1.29, 1.82) is 0 Å². The van der Waals surface area contributed by atoms with Gasteiger partial charge in [0.1, 0.15) is 5.52 Å². The number of aromatic nitrogens is 3. The second-order valence-corrected chi connectivity index (χ2v) is 7.91.